The number of hydrogen-bond acceptors (Lipinski definition) is 0. The summed E-state index contributed by atoms with van der Waals surface area (Å²) in [5.41, 5.74) is 0. The Morgan fingerprint density at radius 1 is 1.43 bits per heavy atom. The zero-order valence-corrected chi connectivity index (χ0v) is 8.63. The fraction of sp³-hybridized carbons (Fsp3) is 1.00. The van der Waals surface area contributed by atoms with Crippen molar-refractivity contribution < 1.29 is 5.48 Å². The van der Waals surface area contributed by atoms with Crippen LogP contribution in [0.4, 0.5) is 0 Å². The third-order valence-corrected chi connectivity index (χ3v) is 0.754. The van der Waals surface area contributed by atoms with Crippen molar-refractivity contribution in [3.63, 3.8) is 0 Å². The molecule has 1 nitrogen and oxygen atoms in total. The van der Waals surface area contributed by atoms with E-state index >= 15 is 0 Å². The summed E-state index contributed by atoms with van der Waals surface area (Å²) in [6.45, 7) is 2.13. The topological polar surface area (TPSA) is 31.5 Å². The molecule has 0 aromatic rings. The molecule has 0 aromatic carbocycles. The van der Waals surface area contributed by atoms with Crippen LogP contribution in [0.1, 0.15) is 19.8 Å². The second kappa shape index (κ2) is 15.7. The normalized spacial score (nSPS) is 6.00. The van der Waals surface area contributed by atoms with Gasteiger partial charge in [-0.25, -0.2) is 0 Å². The van der Waals surface area contributed by atoms with Gasteiger partial charge in [0.15, 0.2) is 0 Å². The standard InChI is InChI=1S/C4H9Cl.H2O.Sn.H/c1-2-3-4-5;;;/h2-4H2,1H3;1H2;;. The van der Waals surface area contributed by atoms with Crippen molar-refractivity contribution in [2.24, 2.45) is 0 Å². The molecule has 0 rings (SSSR count). The van der Waals surface area contributed by atoms with Gasteiger partial charge in [-0.2, -0.15) is 0 Å². The van der Waals surface area contributed by atoms with Gasteiger partial charge in [0.2, 0.25) is 0 Å². The summed E-state index contributed by atoms with van der Waals surface area (Å²) in [4.78, 5) is 0. The van der Waals surface area contributed by atoms with Gasteiger partial charge in [0.1, 0.15) is 0 Å². The molecule has 2 N–H and O–H groups in total. The van der Waals surface area contributed by atoms with Crippen LogP contribution < -0.4 is 0 Å². The Morgan fingerprint density at radius 2 is 1.86 bits per heavy atom. The summed E-state index contributed by atoms with van der Waals surface area (Å²) >= 11 is 5.30. The van der Waals surface area contributed by atoms with E-state index in [2.05, 4.69) is 6.92 Å². The van der Waals surface area contributed by atoms with Crippen molar-refractivity contribution >= 4 is 35.5 Å². The molecule has 3 radical (unpaired) electrons. The second-order valence-electron chi connectivity index (χ2n) is 1.04. The van der Waals surface area contributed by atoms with Crippen molar-refractivity contribution in [1.29, 1.82) is 0 Å². The molecule has 0 aromatic heterocycles. The predicted octanol–water partition coefficient (Wildman–Crippen LogP) is 0.552. The summed E-state index contributed by atoms with van der Waals surface area (Å²) in [5, 5.41) is 0. The summed E-state index contributed by atoms with van der Waals surface area (Å²) in [6.07, 6.45) is 2.37. The van der Waals surface area contributed by atoms with Crippen molar-refractivity contribution in [2.75, 3.05) is 5.88 Å². The average molecular weight is 230 g/mol. The minimum absolute atomic E-state index is 0. The van der Waals surface area contributed by atoms with Crippen molar-refractivity contribution in [3.05, 3.63) is 0 Å². The van der Waals surface area contributed by atoms with Crippen LogP contribution >= 0.6 is 11.6 Å². The molecule has 0 amide bonds. The predicted molar refractivity (Wildman–Crippen MR) is 36.4 cm³/mol. The molecule has 0 saturated carbocycles. The molecule has 0 aliphatic rings. The van der Waals surface area contributed by atoms with Crippen LogP contribution in [0, 0.1) is 0 Å². The van der Waals surface area contributed by atoms with E-state index in [9.17, 15) is 0 Å². The van der Waals surface area contributed by atoms with Crippen LogP contribution in [0.25, 0.3) is 0 Å². The SMILES string of the molecule is CCCCCl.O.[SnH]. The van der Waals surface area contributed by atoms with E-state index < -0.39 is 0 Å². The molecular formula is C4H12ClOSn. The van der Waals surface area contributed by atoms with Crippen molar-refractivity contribution in [3.8, 4) is 0 Å². The van der Waals surface area contributed by atoms with Gasteiger partial charge in [-0.05, 0) is 6.42 Å². The van der Waals surface area contributed by atoms with Crippen LogP contribution in [-0.2, 0) is 0 Å². The first kappa shape index (κ1) is 15.7. The van der Waals surface area contributed by atoms with Gasteiger partial charge in [-0.3, -0.25) is 0 Å². The molecule has 0 spiro atoms. The Kier molecular flexibility index (Phi) is 35.3. The fourth-order valence-corrected chi connectivity index (χ4v) is 0.401. The first-order chi connectivity index (χ1) is 2.41. The van der Waals surface area contributed by atoms with Crippen molar-refractivity contribution in [1.82, 2.24) is 0 Å². The van der Waals surface area contributed by atoms with E-state index in [0.717, 1.165) is 12.3 Å². The van der Waals surface area contributed by atoms with Gasteiger partial charge >= 0.3 is 23.9 Å². The Hall–Kier alpha value is 1.05. The van der Waals surface area contributed by atoms with Gasteiger partial charge in [0.25, 0.3) is 0 Å². The molecule has 0 aliphatic carbocycles. The summed E-state index contributed by atoms with van der Waals surface area (Å²) in [5.74, 6) is 0.816. The van der Waals surface area contributed by atoms with E-state index in [0.29, 0.717) is 0 Å². The Balaban J connectivity index is -0.0000000800. The monoisotopic (exact) mass is 231 g/mol. The molecule has 3 heteroatoms. The number of halogens is 1. The second-order valence-corrected chi connectivity index (χ2v) is 1.42. The molecule has 0 atom stereocenters. The van der Waals surface area contributed by atoms with E-state index in [-0.39, 0.29) is 29.4 Å². The van der Waals surface area contributed by atoms with E-state index in [1.165, 1.54) is 6.42 Å². The summed E-state index contributed by atoms with van der Waals surface area (Å²) in [6, 6.07) is 0. The van der Waals surface area contributed by atoms with Gasteiger partial charge in [-0.15, -0.1) is 11.6 Å². The maximum atomic E-state index is 5.30. The quantitative estimate of drug-likeness (QED) is 0.490. The zero-order chi connectivity index (χ0) is 4.12. The molecular weight excluding hydrogens is 218 g/mol. The van der Waals surface area contributed by atoms with Crippen molar-refractivity contribution in [2.45, 2.75) is 19.8 Å². The van der Waals surface area contributed by atoms with Gasteiger partial charge in [0, 0.05) is 5.88 Å². The summed E-state index contributed by atoms with van der Waals surface area (Å²) < 4.78 is 0. The average Bonchev–Trinajstić information content (AvgIpc) is 1.41. The number of unbranched alkanes of at least 4 members (excludes halogenated alkanes) is 1. The van der Waals surface area contributed by atoms with Crippen LogP contribution in [-0.4, -0.2) is 35.3 Å². The Labute approximate surface area is 66.7 Å². The molecule has 0 aliphatic heterocycles. The molecule has 0 bridgehead atoms. The fourth-order valence-electron chi connectivity index (χ4n) is 0.134. The maximum absolute atomic E-state index is 5.30. The minimum atomic E-state index is 0. The van der Waals surface area contributed by atoms with Gasteiger partial charge in [-0.1, -0.05) is 13.3 Å². The van der Waals surface area contributed by atoms with E-state index in [1.54, 1.807) is 0 Å². The Morgan fingerprint density at radius 3 is 1.86 bits per heavy atom. The number of hydrogen-bond donors (Lipinski definition) is 0. The van der Waals surface area contributed by atoms with E-state index in [4.69, 9.17) is 11.6 Å². The number of alkyl halides is 1. The third-order valence-electron chi connectivity index (χ3n) is 0.487. The van der Waals surface area contributed by atoms with Gasteiger partial charge in [0.05, 0.1) is 0 Å². The molecule has 0 saturated heterocycles. The zero-order valence-electron chi connectivity index (χ0n) is 4.58. The Bertz CT molecular complexity index is 19.2. The van der Waals surface area contributed by atoms with Crippen LogP contribution in [0.5, 0.6) is 0 Å². The van der Waals surface area contributed by atoms with Crippen LogP contribution in [0.15, 0.2) is 0 Å². The molecule has 0 fully saturated rings. The molecule has 45 valence electrons. The van der Waals surface area contributed by atoms with Gasteiger partial charge < -0.3 is 5.48 Å². The first-order valence-electron chi connectivity index (χ1n) is 1.97. The van der Waals surface area contributed by atoms with Crippen LogP contribution in [0.3, 0.4) is 0 Å². The molecule has 7 heavy (non-hydrogen) atoms. The molecule has 0 unspecified atom stereocenters. The van der Waals surface area contributed by atoms with Crippen LogP contribution in [0.2, 0.25) is 0 Å². The third kappa shape index (κ3) is 19.3. The first-order valence-corrected chi connectivity index (χ1v) is 2.51. The van der Waals surface area contributed by atoms with E-state index in [1.807, 2.05) is 0 Å². The summed E-state index contributed by atoms with van der Waals surface area (Å²) in [7, 11) is 0. The number of rotatable bonds is 2. The molecule has 0 heterocycles.